The number of hydrogen-bond donors (Lipinski definition) is 2. The van der Waals surface area contributed by atoms with Crippen LogP contribution in [0.5, 0.6) is 11.5 Å². The molecule has 1 saturated heterocycles. The van der Waals surface area contributed by atoms with Crippen LogP contribution < -0.4 is 19.7 Å². The van der Waals surface area contributed by atoms with Gasteiger partial charge in [0, 0.05) is 5.56 Å². The van der Waals surface area contributed by atoms with Crippen LogP contribution in [0.4, 0.5) is 10.5 Å². The molecule has 1 aliphatic heterocycles. The number of methoxy groups -OCH3 is 1. The fourth-order valence-electron chi connectivity index (χ4n) is 2.90. The van der Waals surface area contributed by atoms with E-state index in [4.69, 9.17) is 14.6 Å². The molecule has 0 bridgehead atoms. The van der Waals surface area contributed by atoms with Crippen molar-refractivity contribution in [3.8, 4) is 11.5 Å². The van der Waals surface area contributed by atoms with Crippen LogP contribution in [0, 0.1) is 6.92 Å². The van der Waals surface area contributed by atoms with Crippen LogP contribution in [0.15, 0.2) is 48.0 Å². The van der Waals surface area contributed by atoms with Gasteiger partial charge in [0.15, 0.2) is 17.6 Å². The van der Waals surface area contributed by atoms with Gasteiger partial charge in [-0.2, -0.15) is 0 Å². The highest BCUT2D eigenvalue weighted by Crippen LogP contribution is 2.34. The van der Waals surface area contributed by atoms with Gasteiger partial charge in [-0.15, -0.1) is 0 Å². The van der Waals surface area contributed by atoms with E-state index in [-0.39, 0.29) is 22.6 Å². The van der Waals surface area contributed by atoms with Gasteiger partial charge in [-0.05, 0) is 38.1 Å². The molecule has 2 aromatic carbocycles. The van der Waals surface area contributed by atoms with E-state index in [0.717, 1.165) is 10.5 Å². The number of benzene rings is 2. The fourth-order valence-corrected chi connectivity index (χ4v) is 2.90. The molecule has 2 aromatic rings. The molecule has 0 saturated carbocycles. The SMILES string of the molecule is COc1cccc(/C=C2\C(=O)NC(=O)N(c3ccc(C)cc3)C2=O)c1O[C@@H](C)C(=O)O. The maximum Gasteiger partial charge on any atom is 0.344 e. The van der Waals surface area contributed by atoms with Gasteiger partial charge >= 0.3 is 12.0 Å². The summed E-state index contributed by atoms with van der Waals surface area (Å²) in [6.07, 6.45) is 0.0209. The Labute approximate surface area is 177 Å². The standard InChI is InChI=1S/C22H20N2O7/c1-12-7-9-15(10-8-12)24-20(26)16(19(25)23-22(24)29)11-14-5-4-6-17(30-3)18(14)31-13(2)21(27)28/h4-11,13H,1-3H3,(H,27,28)(H,23,25,29)/b16-11+/t13-/m0/s1. The van der Waals surface area contributed by atoms with E-state index in [1.807, 2.05) is 6.92 Å². The first-order valence-electron chi connectivity index (χ1n) is 9.27. The number of nitrogens with zero attached hydrogens (tertiary/aromatic N) is 1. The minimum atomic E-state index is -1.21. The smallest absolute Gasteiger partial charge is 0.344 e. The first-order valence-corrected chi connectivity index (χ1v) is 9.27. The zero-order valence-electron chi connectivity index (χ0n) is 17.0. The summed E-state index contributed by atoms with van der Waals surface area (Å²) in [7, 11) is 1.38. The Morgan fingerprint density at radius 2 is 1.81 bits per heavy atom. The second-order valence-corrected chi connectivity index (χ2v) is 6.77. The van der Waals surface area contributed by atoms with Crippen LogP contribution in [-0.4, -0.2) is 42.1 Å². The Bertz CT molecular complexity index is 1090. The number of nitrogens with one attached hydrogen (secondary N) is 1. The number of urea groups is 1. The number of ether oxygens (including phenoxy) is 2. The molecule has 2 N–H and O–H groups in total. The van der Waals surface area contributed by atoms with Crippen molar-refractivity contribution in [2.45, 2.75) is 20.0 Å². The molecule has 0 radical (unpaired) electrons. The van der Waals surface area contributed by atoms with Crippen molar-refractivity contribution in [1.82, 2.24) is 5.32 Å². The number of hydrogen-bond acceptors (Lipinski definition) is 6. The summed E-state index contributed by atoms with van der Waals surface area (Å²) in [5.74, 6) is -2.63. The molecule has 4 amide bonds. The molecule has 1 aliphatic rings. The Kier molecular flexibility index (Phi) is 6.05. The minimum Gasteiger partial charge on any atom is -0.493 e. The lowest BCUT2D eigenvalue weighted by Crippen LogP contribution is -2.54. The maximum absolute atomic E-state index is 13.0. The van der Waals surface area contributed by atoms with Crippen LogP contribution in [0.25, 0.3) is 6.08 Å². The van der Waals surface area contributed by atoms with E-state index < -0.39 is 29.9 Å². The van der Waals surface area contributed by atoms with Crippen LogP contribution in [-0.2, 0) is 14.4 Å². The molecule has 9 nitrogen and oxygen atoms in total. The normalized spacial score (nSPS) is 16.2. The van der Waals surface area contributed by atoms with Crippen LogP contribution in [0.3, 0.4) is 0 Å². The first kappa shape index (κ1) is 21.6. The number of amides is 4. The monoisotopic (exact) mass is 424 g/mol. The molecule has 3 rings (SSSR count). The van der Waals surface area contributed by atoms with Gasteiger partial charge < -0.3 is 14.6 Å². The fraction of sp³-hybridized carbons (Fsp3) is 0.182. The van der Waals surface area contributed by atoms with Crippen molar-refractivity contribution in [2.24, 2.45) is 0 Å². The summed E-state index contributed by atoms with van der Waals surface area (Å²) in [6, 6.07) is 10.5. The number of anilines is 1. The van der Waals surface area contributed by atoms with Gasteiger partial charge in [0.1, 0.15) is 5.57 Å². The molecule has 0 unspecified atom stereocenters. The van der Waals surface area contributed by atoms with E-state index in [1.165, 1.54) is 26.2 Å². The second-order valence-electron chi connectivity index (χ2n) is 6.77. The lowest BCUT2D eigenvalue weighted by molar-refractivity contribution is -0.144. The van der Waals surface area contributed by atoms with E-state index >= 15 is 0 Å². The number of imide groups is 2. The molecule has 1 fully saturated rings. The van der Waals surface area contributed by atoms with E-state index in [2.05, 4.69) is 5.32 Å². The Morgan fingerprint density at radius 1 is 1.13 bits per heavy atom. The summed E-state index contributed by atoms with van der Waals surface area (Å²) >= 11 is 0. The average Bonchev–Trinajstić information content (AvgIpc) is 2.73. The zero-order valence-corrected chi connectivity index (χ0v) is 17.0. The number of carboxylic acids is 1. The van der Waals surface area contributed by atoms with Crippen molar-refractivity contribution in [3.05, 3.63) is 59.2 Å². The molecule has 1 atom stereocenters. The second kappa shape index (κ2) is 8.70. The van der Waals surface area contributed by atoms with Crippen molar-refractivity contribution < 1.29 is 33.8 Å². The lowest BCUT2D eigenvalue weighted by atomic mass is 10.1. The number of para-hydroxylation sites is 1. The van der Waals surface area contributed by atoms with Gasteiger partial charge in [-0.25, -0.2) is 14.5 Å². The highest BCUT2D eigenvalue weighted by atomic mass is 16.5. The number of aryl methyl sites for hydroxylation is 1. The number of carbonyl (C=O) groups is 4. The van der Waals surface area contributed by atoms with Crippen molar-refractivity contribution in [3.63, 3.8) is 0 Å². The van der Waals surface area contributed by atoms with Crippen molar-refractivity contribution >= 4 is 35.6 Å². The molecule has 160 valence electrons. The molecular formula is C22H20N2O7. The molecule has 0 spiro atoms. The predicted molar refractivity (Wildman–Crippen MR) is 111 cm³/mol. The first-order chi connectivity index (χ1) is 14.7. The van der Waals surface area contributed by atoms with E-state index in [9.17, 15) is 19.2 Å². The van der Waals surface area contributed by atoms with Gasteiger partial charge in [0.2, 0.25) is 0 Å². The van der Waals surface area contributed by atoms with Crippen LogP contribution in [0.1, 0.15) is 18.1 Å². The third-order valence-electron chi connectivity index (χ3n) is 4.57. The molecule has 0 aromatic heterocycles. The Morgan fingerprint density at radius 3 is 2.42 bits per heavy atom. The summed E-state index contributed by atoms with van der Waals surface area (Å²) in [4.78, 5) is 49.9. The number of aliphatic carboxylic acids is 1. The third-order valence-corrected chi connectivity index (χ3v) is 4.57. The summed E-state index contributed by atoms with van der Waals surface area (Å²) in [6.45, 7) is 3.20. The number of carboxylic acid groups (broad SMARTS) is 1. The number of carbonyl (C=O) groups excluding carboxylic acids is 3. The van der Waals surface area contributed by atoms with Crippen molar-refractivity contribution in [2.75, 3.05) is 12.0 Å². The highest BCUT2D eigenvalue weighted by Gasteiger charge is 2.37. The van der Waals surface area contributed by atoms with Crippen LogP contribution in [0.2, 0.25) is 0 Å². The summed E-state index contributed by atoms with van der Waals surface area (Å²) in [5.41, 5.74) is 1.16. The average molecular weight is 424 g/mol. The maximum atomic E-state index is 13.0. The van der Waals surface area contributed by atoms with Gasteiger partial charge in [-0.3, -0.25) is 14.9 Å². The Balaban J connectivity index is 2.06. The highest BCUT2D eigenvalue weighted by molar-refractivity contribution is 6.39. The molecule has 0 aliphatic carbocycles. The number of barbiturate groups is 1. The molecular weight excluding hydrogens is 404 g/mol. The van der Waals surface area contributed by atoms with E-state index in [0.29, 0.717) is 5.69 Å². The van der Waals surface area contributed by atoms with Crippen molar-refractivity contribution in [1.29, 1.82) is 0 Å². The molecule has 31 heavy (non-hydrogen) atoms. The van der Waals surface area contributed by atoms with E-state index in [1.54, 1.807) is 36.4 Å². The quantitative estimate of drug-likeness (QED) is 0.540. The summed E-state index contributed by atoms with van der Waals surface area (Å²) < 4.78 is 10.7. The topological polar surface area (TPSA) is 122 Å². The van der Waals surface area contributed by atoms with Crippen LogP contribution >= 0.6 is 0 Å². The lowest BCUT2D eigenvalue weighted by Gasteiger charge is -2.26. The zero-order chi connectivity index (χ0) is 22.7. The minimum absolute atomic E-state index is 0.0479. The number of rotatable bonds is 6. The van der Waals surface area contributed by atoms with Gasteiger partial charge in [-0.1, -0.05) is 29.8 Å². The van der Waals surface area contributed by atoms with Gasteiger partial charge in [0.05, 0.1) is 12.8 Å². The molecule has 9 heteroatoms. The summed E-state index contributed by atoms with van der Waals surface area (Å²) in [5, 5.41) is 11.3. The largest absolute Gasteiger partial charge is 0.493 e. The predicted octanol–water partition coefficient (Wildman–Crippen LogP) is 2.52. The molecule has 1 heterocycles. The Hall–Kier alpha value is -4.14. The third kappa shape index (κ3) is 4.40. The van der Waals surface area contributed by atoms with Gasteiger partial charge in [0.25, 0.3) is 11.8 Å².